The normalized spacial score (nSPS) is 20.0. The summed E-state index contributed by atoms with van der Waals surface area (Å²) in [6, 6.07) is 18.4. The van der Waals surface area contributed by atoms with Crippen LogP contribution < -0.4 is 36.1 Å². The Kier molecular flexibility index (Phi) is 16.3. The van der Waals surface area contributed by atoms with Crippen molar-refractivity contribution in [3.63, 3.8) is 0 Å². The van der Waals surface area contributed by atoms with Crippen molar-refractivity contribution < 1.29 is 38.2 Å². The van der Waals surface area contributed by atoms with Gasteiger partial charge in [0.2, 0.25) is 17.7 Å². The zero-order valence-electron chi connectivity index (χ0n) is 40.3. The second-order valence-corrected chi connectivity index (χ2v) is 20.4. The molecule has 0 unspecified atom stereocenters. The molecule has 16 heteroatoms. The highest BCUT2D eigenvalue weighted by Crippen LogP contribution is 2.55. The van der Waals surface area contributed by atoms with Crippen LogP contribution in [0.3, 0.4) is 0 Å². The number of carbonyl (C=O) groups is 4. The van der Waals surface area contributed by atoms with Gasteiger partial charge >= 0.3 is 0 Å². The fraction of sp³-hybridized carbons (Fsp3) is 0.510. The van der Waals surface area contributed by atoms with Crippen LogP contribution in [0.2, 0.25) is 5.02 Å². The van der Waals surface area contributed by atoms with E-state index in [-0.39, 0.29) is 66.8 Å². The fourth-order valence-corrected chi connectivity index (χ4v) is 9.80. The Morgan fingerprint density at radius 2 is 1.64 bits per heavy atom. The summed E-state index contributed by atoms with van der Waals surface area (Å²) in [4.78, 5) is 59.4. The molecule has 2 heterocycles. The maximum atomic E-state index is 14.0. The average Bonchev–Trinajstić information content (AvgIpc) is 3.91. The van der Waals surface area contributed by atoms with E-state index >= 15 is 0 Å². The van der Waals surface area contributed by atoms with Crippen LogP contribution in [0, 0.1) is 23.2 Å². The standard InChI is InChI=1S/C51H68ClN7O8/c1-31-42(66-30-56-31)33-15-13-32(14-16-33)27-55-45(63)40-25-35(60)29-59(40)46(64)43(49(2,3)4)57-41(61)28-54-23-11-10-12-24-65-36-19-17-34(18-20-36)44(62)58-47-50(5,6)48(51(47,7)8)67-37-21-22-39(53-9)38(52)26-37/h13-22,26,30,35,40,43,47-48,53-54,60H,10-12,23-25,27-29H2,1-9H3,(H,55,63)(H,57,61)(H,58,62)/t35-,40+,43-,47-,48-/m1/s1. The van der Waals surface area contributed by atoms with Crippen LogP contribution in [0.25, 0.3) is 11.3 Å². The number of aliphatic hydroxyl groups excluding tert-OH is 1. The molecule has 2 fully saturated rings. The van der Waals surface area contributed by atoms with E-state index in [1.54, 1.807) is 24.3 Å². The molecular formula is C51H68ClN7O8. The number of aromatic nitrogens is 1. The van der Waals surface area contributed by atoms with Gasteiger partial charge in [0.25, 0.3) is 5.91 Å². The molecule has 1 saturated heterocycles. The number of rotatable bonds is 20. The number of aliphatic hydroxyl groups is 1. The molecule has 3 atom stereocenters. The van der Waals surface area contributed by atoms with Gasteiger partial charge in [0.1, 0.15) is 29.7 Å². The maximum Gasteiger partial charge on any atom is 0.251 e. The molecule has 6 N–H and O–H groups in total. The van der Waals surface area contributed by atoms with Gasteiger partial charge in [-0.1, -0.05) is 84.3 Å². The molecule has 6 rings (SSSR count). The highest BCUT2D eigenvalue weighted by molar-refractivity contribution is 6.33. The van der Waals surface area contributed by atoms with Gasteiger partial charge in [-0.05, 0) is 80.1 Å². The first-order valence-electron chi connectivity index (χ1n) is 23.1. The van der Waals surface area contributed by atoms with Gasteiger partial charge in [-0.15, -0.1) is 0 Å². The molecule has 1 saturated carbocycles. The number of hydrogen-bond acceptors (Lipinski definition) is 11. The molecule has 4 aromatic rings. The number of unbranched alkanes of at least 4 members (excludes halogenated alkanes) is 2. The van der Waals surface area contributed by atoms with Crippen LogP contribution in [0.1, 0.15) is 95.8 Å². The van der Waals surface area contributed by atoms with Crippen molar-refractivity contribution >= 4 is 40.9 Å². The summed E-state index contributed by atoms with van der Waals surface area (Å²) < 4.78 is 17.8. The minimum absolute atomic E-state index is 0.00452. The lowest BCUT2D eigenvalue weighted by atomic mass is 9.49. The molecular weight excluding hydrogens is 874 g/mol. The van der Waals surface area contributed by atoms with E-state index in [9.17, 15) is 24.3 Å². The Bertz CT molecular complexity index is 2330. The highest BCUT2D eigenvalue weighted by atomic mass is 35.5. The molecule has 0 bridgehead atoms. The van der Waals surface area contributed by atoms with Crippen molar-refractivity contribution in [3.05, 3.63) is 95.0 Å². The van der Waals surface area contributed by atoms with Crippen molar-refractivity contribution in [1.29, 1.82) is 0 Å². The molecule has 0 spiro atoms. The number of aryl methyl sites for hydroxylation is 1. The summed E-state index contributed by atoms with van der Waals surface area (Å²) >= 11 is 6.39. The Morgan fingerprint density at radius 3 is 2.27 bits per heavy atom. The average molecular weight is 943 g/mol. The highest BCUT2D eigenvalue weighted by Gasteiger charge is 2.64. The van der Waals surface area contributed by atoms with E-state index in [4.69, 9.17) is 25.5 Å². The predicted octanol–water partition coefficient (Wildman–Crippen LogP) is 6.90. The largest absolute Gasteiger partial charge is 0.494 e. The smallest absolute Gasteiger partial charge is 0.251 e. The van der Waals surface area contributed by atoms with E-state index in [1.807, 2.05) is 77.2 Å². The third-order valence-electron chi connectivity index (χ3n) is 13.0. The number of oxazole rings is 1. The monoisotopic (exact) mass is 941 g/mol. The number of amides is 4. The fourth-order valence-electron chi connectivity index (χ4n) is 9.54. The van der Waals surface area contributed by atoms with Gasteiger partial charge in [0.15, 0.2) is 12.2 Å². The molecule has 1 aliphatic heterocycles. The van der Waals surface area contributed by atoms with E-state index in [0.717, 1.165) is 41.8 Å². The van der Waals surface area contributed by atoms with Crippen LogP contribution in [0.4, 0.5) is 5.69 Å². The second kappa shape index (κ2) is 21.5. The number of benzene rings is 3. The molecule has 362 valence electrons. The molecule has 1 aromatic heterocycles. The van der Waals surface area contributed by atoms with Crippen LogP contribution in [-0.4, -0.2) is 102 Å². The second-order valence-electron chi connectivity index (χ2n) is 20.0. The lowest BCUT2D eigenvalue weighted by Crippen LogP contribution is -2.74. The molecule has 3 aromatic carbocycles. The molecule has 2 aliphatic rings. The number of ether oxygens (including phenoxy) is 2. The third kappa shape index (κ3) is 12.3. The van der Waals surface area contributed by atoms with Crippen molar-refractivity contribution in [1.82, 2.24) is 31.2 Å². The Morgan fingerprint density at radius 1 is 0.955 bits per heavy atom. The molecule has 4 amide bonds. The Balaban J connectivity index is 0.877. The van der Waals surface area contributed by atoms with Crippen molar-refractivity contribution in [2.45, 2.75) is 118 Å². The van der Waals surface area contributed by atoms with Crippen LogP contribution in [0.15, 0.2) is 77.5 Å². The summed E-state index contributed by atoms with van der Waals surface area (Å²) in [7, 11) is 1.82. The number of hydrogen-bond donors (Lipinski definition) is 6. The van der Waals surface area contributed by atoms with E-state index < -0.39 is 29.5 Å². The minimum atomic E-state index is -0.918. The quantitative estimate of drug-likeness (QED) is 0.0505. The summed E-state index contributed by atoms with van der Waals surface area (Å²) in [5, 5.41) is 26.4. The molecule has 0 radical (unpaired) electrons. The third-order valence-corrected chi connectivity index (χ3v) is 13.3. The Labute approximate surface area is 399 Å². The zero-order valence-corrected chi connectivity index (χ0v) is 41.0. The zero-order chi connectivity index (χ0) is 48.7. The van der Waals surface area contributed by atoms with Crippen LogP contribution in [-0.2, 0) is 20.9 Å². The van der Waals surface area contributed by atoms with Crippen molar-refractivity contribution in [2.75, 3.05) is 38.6 Å². The lowest BCUT2D eigenvalue weighted by Gasteiger charge is -2.63. The SMILES string of the molecule is CNc1ccc(O[C@H]2C(C)(C)[C@H](NC(=O)c3ccc(OCCCCCNCC(=O)N[C@H](C(=O)N4C[C@H](O)C[C@H]4C(=O)NCc4ccc(-c5ocnc5C)cc4)C(C)(C)C)cc3)C2(C)C)cc1Cl. The number of nitrogens with zero attached hydrogens (tertiary/aromatic N) is 2. The minimum Gasteiger partial charge on any atom is -0.494 e. The number of halogens is 1. The van der Waals surface area contributed by atoms with Gasteiger partial charge in [-0.3, -0.25) is 19.2 Å². The van der Waals surface area contributed by atoms with Gasteiger partial charge in [0.05, 0.1) is 35.7 Å². The van der Waals surface area contributed by atoms with Crippen LogP contribution >= 0.6 is 11.6 Å². The van der Waals surface area contributed by atoms with Crippen LogP contribution in [0.5, 0.6) is 11.5 Å². The number of likely N-dealkylation sites (tertiary alicyclic amines) is 1. The van der Waals surface area contributed by atoms with E-state index in [0.29, 0.717) is 41.0 Å². The first-order valence-corrected chi connectivity index (χ1v) is 23.5. The van der Waals surface area contributed by atoms with Gasteiger partial charge < -0.3 is 50.5 Å². The maximum absolute atomic E-state index is 14.0. The van der Waals surface area contributed by atoms with Crippen molar-refractivity contribution in [3.8, 4) is 22.8 Å². The predicted molar refractivity (Wildman–Crippen MR) is 259 cm³/mol. The van der Waals surface area contributed by atoms with Gasteiger partial charge in [0, 0.05) is 60.6 Å². The molecule has 67 heavy (non-hydrogen) atoms. The number of anilines is 1. The first-order chi connectivity index (χ1) is 31.7. The summed E-state index contributed by atoms with van der Waals surface area (Å²) in [6.45, 7) is 17.2. The van der Waals surface area contributed by atoms with E-state index in [1.165, 1.54) is 11.3 Å². The summed E-state index contributed by atoms with van der Waals surface area (Å²) in [5.74, 6) is 0.757. The van der Waals surface area contributed by atoms with E-state index in [2.05, 4.69) is 59.3 Å². The molecule has 1 aliphatic carbocycles. The number of nitrogens with one attached hydrogen (secondary N) is 5. The van der Waals surface area contributed by atoms with Crippen molar-refractivity contribution in [2.24, 2.45) is 16.2 Å². The number of carbonyl (C=O) groups excluding carboxylic acids is 4. The summed E-state index contributed by atoms with van der Waals surface area (Å²) in [5.41, 5.74) is 2.54. The topological polar surface area (TPSA) is 196 Å². The summed E-state index contributed by atoms with van der Waals surface area (Å²) in [6.07, 6.45) is 2.95. The first kappa shape index (κ1) is 50.8. The van der Waals surface area contributed by atoms with Gasteiger partial charge in [-0.2, -0.15) is 0 Å². The lowest BCUT2D eigenvalue weighted by molar-refractivity contribution is -0.164. The molecule has 15 nitrogen and oxygen atoms in total. The van der Waals surface area contributed by atoms with Gasteiger partial charge in [-0.25, -0.2) is 4.98 Å². The number of β-amino-alcohol motifs (C(OH)–C–C–N with tert-alkyl or cyclic N) is 1. The Hall–Kier alpha value is -5.64.